The predicted molar refractivity (Wildman–Crippen MR) is 115 cm³/mol. The highest BCUT2D eigenvalue weighted by Crippen LogP contribution is 2.33. The van der Waals surface area contributed by atoms with Crippen molar-refractivity contribution in [3.63, 3.8) is 0 Å². The number of aromatic nitrogens is 2. The number of hydrogen-bond acceptors (Lipinski definition) is 8. The molecular formula is C21H26N4O3S. The summed E-state index contributed by atoms with van der Waals surface area (Å²) in [5, 5.41) is 6.65. The average molecular weight is 415 g/mol. The van der Waals surface area contributed by atoms with Crippen molar-refractivity contribution in [2.24, 2.45) is 0 Å². The summed E-state index contributed by atoms with van der Waals surface area (Å²) in [7, 11) is 1.68. The van der Waals surface area contributed by atoms with Gasteiger partial charge >= 0.3 is 0 Å². The summed E-state index contributed by atoms with van der Waals surface area (Å²) in [5.41, 5.74) is 1.18. The Morgan fingerprint density at radius 3 is 2.86 bits per heavy atom. The van der Waals surface area contributed by atoms with Crippen LogP contribution in [-0.2, 0) is 4.74 Å². The largest absolute Gasteiger partial charge is 0.493 e. The van der Waals surface area contributed by atoms with Gasteiger partial charge in [-0.15, -0.1) is 11.3 Å². The lowest BCUT2D eigenvalue weighted by molar-refractivity contribution is 0.0186. The van der Waals surface area contributed by atoms with Crippen LogP contribution in [0.2, 0.25) is 0 Å². The molecule has 1 aliphatic heterocycles. The quantitative estimate of drug-likeness (QED) is 0.604. The molecule has 1 N–H and O–H groups in total. The van der Waals surface area contributed by atoms with Crippen molar-refractivity contribution in [2.45, 2.75) is 13.0 Å². The Kier molecular flexibility index (Phi) is 6.43. The Morgan fingerprint density at radius 2 is 2.07 bits per heavy atom. The highest BCUT2D eigenvalue weighted by atomic mass is 32.1. The van der Waals surface area contributed by atoms with Crippen LogP contribution >= 0.6 is 11.3 Å². The average Bonchev–Trinajstić information content (AvgIpc) is 3.25. The number of rotatable bonds is 8. The summed E-state index contributed by atoms with van der Waals surface area (Å²) in [6, 6.07) is 8.41. The van der Waals surface area contributed by atoms with Gasteiger partial charge in [-0.25, -0.2) is 9.97 Å². The minimum atomic E-state index is 0.159. The zero-order valence-corrected chi connectivity index (χ0v) is 17.6. The van der Waals surface area contributed by atoms with Crippen molar-refractivity contribution in [1.29, 1.82) is 0 Å². The maximum Gasteiger partial charge on any atom is 0.161 e. The van der Waals surface area contributed by atoms with Gasteiger partial charge in [-0.2, -0.15) is 0 Å². The number of methoxy groups -OCH3 is 1. The van der Waals surface area contributed by atoms with Gasteiger partial charge in [-0.05, 0) is 36.1 Å². The van der Waals surface area contributed by atoms with Gasteiger partial charge in [0.2, 0.25) is 0 Å². The first-order valence-corrected chi connectivity index (χ1v) is 10.7. The molecule has 1 atom stereocenters. The van der Waals surface area contributed by atoms with Crippen LogP contribution in [0, 0.1) is 0 Å². The number of ether oxygens (including phenoxy) is 3. The van der Waals surface area contributed by atoms with Crippen molar-refractivity contribution in [3.8, 4) is 11.5 Å². The van der Waals surface area contributed by atoms with E-state index in [1.54, 1.807) is 24.8 Å². The van der Waals surface area contributed by atoms with E-state index in [0.29, 0.717) is 6.61 Å². The van der Waals surface area contributed by atoms with Gasteiger partial charge < -0.3 is 19.5 Å². The van der Waals surface area contributed by atoms with Gasteiger partial charge in [0.25, 0.3) is 0 Å². The Bertz CT molecular complexity index is 943. The van der Waals surface area contributed by atoms with Crippen molar-refractivity contribution in [2.75, 3.05) is 51.9 Å². The van der Waals surface area contributed by atoms with Gasteiger partial charge in [0, 0.05) is 19.6 Å². The van der Waals surface area contributed by atoms with E-state index in [0.717, 1.165) is 60.4 Å². The van der Waals surface area contributed by atoms with E-state index in [9.17, 15) is 0 Å². The molecule has 154 valence electrons. The van der Waals surface area contributed by atoms with Crippen LogP contribution in [0.3, 0.4) is 0 Å². The Labute approximate surface area is 174 Å². The SMILES string of the molecule is CCOc1ccc(C(CNc2ncnc3sccc23)N2CCOCC2)cc1OC. The highest BCUT2D eigenvalue weighted by molar-refractivity contribution is 7.16. The van der Waals surface area contributed by atoms with Crippen LogP contribution in [0.1, 0.15) is 18.5 Å². The van der Waals surface area contributed by atoms with Crippen LogP contribution in [0.5, 0.6) is 11.5 Å². The molecule has 0 aliphatic carbocycles. The number of anilines is 1. The maximum atomic E-state index is 5.69. The Balaban J connectivity index is 1.60. The standard InChI is InChI=1S/C21H26N4O3S/c1-3-28-18-5-4-15(12-19(18)26-2)17(25-7-9-27-10-8-25)13-22-20-16-6-11-29-21(16)24-14-23-20/h4-6,11-12,14,17H,3,7-10,13H2,1-2H3,(H,22,23,24). The molecule has 0 amide bonds. The van der Waals surface area contributed by atoms with Crippen molar-refractivity contribution in [3.05, 3.63) is 41.5 Å². The number of benzene rings is 1. The molecule has 0 spiro atoms. The van der Waals surface area contributed by atoms with Gasteiger partial charge in [-0.1, -0.05) is 6.07 Å². The first-order valence-electron chi connectivity index (χ1n) is 9.84. The third-order valence-electron chi connectivity index (χ3n) is 5.08. The van der Waals surface area contributed by atoms with E-state index in [1.807, 2.05) is 18.4 Å². The van der Waals surface area contributed by atoms with Crippen molar-refractivity contribution in [1.82, 2.24) is 14.9 Å². The number of hydrogen-bond donors (Lipinski definition) is 1. The van der Waals surface area contributed by atoms with E-state index in [1.165, 1.54) is 5.56 Å². The number of morpholine rings is 1. The van der Waals surface area contributed by atoms with E-state index in [-0.39, 0.29) is 6.04 Å². The normalized spacial score (nSPS) is 15.9. The van der Waals surface area contributed by atoms with E-state index >= 15 is 0 Å². The van der Waals surface area contributed by atoms with Crippen molar-refractivity contribution < 1.29 is 14.2 Å². The van der Waals surface area contributed by atoms with Crippen molar-refractivity contribution >= 4 is 27.4 Å². The summed E-state index contributed by atoms with van der Waals surface area (Å²) >= 11 is 1.62. The lowest BCUT2D eigenvalue weighted by Gasteiger charge is -2.35. The molecule has 1 fully saturated rings. The molecule has 0 bridgehead atoms. The molecule has 7 nitrogen and oxygen atoms in total. The molecule has 1 unspecified atom stereocenters. The van der Waals surface area contributed by atoms with E-state index in [4.69, 9.17) is 14.2 Å². The van der Waals surface area contributed by atoms with E-state index < -0.39 is 0 Å². The Hall–Kier alpha value is -2.42. The van der Waals surface area contributed by atoms with Crippen LogP contribution < -0.4 is 14.8 Å². The minimum Gasteiger partial charge on any atom is -0.493 e. The molecule has 1 aliphatic rings. The monoisotopic (exact) mass is 414 g/mol. The number of nitrogens with zero attached hydrogens (tertiary/aromatic N) is 3. The second-order valence-electron chi connectivity index (χ2n) is 6.75. The fourth-order valence-corrected chi connectivity index (χ4v) is 4.37. The summed E-state index contributed by atoms with van der Waals surface area (Å²) < 4.78 is 16.8. The molecule has 29 heavy (non-hydrogen) atoms. The fraction of sp³-hybridized carbons (Fsp3) is 0.429. The summed E-state index contributed by atoms with van der Waals surface area (Å²) in [6.07, 6.45) is 1.62. The van der Waals surface area contributed by atoms with Crippen LogP contribution in [-0.4, -0.2) is 61.4 Å². The molecule has 2 aromatic heterocycles. The third kappa shape index (κ3) is 4.44. The van der Waals surface area contributed by atoms with Gasteiger partial charge in [0.05, 0.1) is 38.4 Å². The molecule has 1 saturated heterocycles. The summed E-state index contributed by atoms with van der Waals surface area (Å²) in [5.74, 6) is 2.39. The van der Waals surface area contributed by atoms with Gasteiger partial charge in [-0.3, -0.25) is 4.90 Å². The molecule has 8 heteroatoms. The molecule has 4 rings (SSSR count). The topological polar surface area (TPSA) is 68.7 Å². The first-order chi connectivity index (χ1) is 14.3. The first kappa shape index (κ1) is 19.9. The smallest absolute Gasteiger partial charge is 0.161 e. The third-order valence-corrected chi connectivity index (χ3v) is 5.90. The summed E-state index contributed by atoms with van der Waals surface area (Å²) in [4.78, 5) is 12.2. The molecular weight excluding hydrogens is 388 g/mol. The van der Waals surface area contributed by atoms with Crippen LogP contribution in [0.25, 0.3) is 10.2 Å². The fourth-order valence-electron chi connectivity index (χ4n) is 3.64. The lowest BCUT2D eigenvalue weighted by atomic mass is 10.0. The second-order valence-corrected chi connectivity index (χ2v) is 7.64. The number of nitrogens with one attached hydrogen (secondary N) is 1. The Morgan fingerprint density at radius 1 is 1.21 bits per heavy atom. The second kappa shape index (κ2) is 9.39. The zero-order valence-electron chi connectivity index (χ0n) is 16.8. The molecule has 1 aromatic carbocycles. The molecule has 3 aromatic rings. The predicted octanol–water partition coefficient (Wildman–Crippen LogP) is 3.58. The zero-order chi connectivity index (χ0) is 20.1. The lowest BCUT2D eigenvalue weighted by Crippen LogP contribution is -2.41. The van der Waals surface area contributed by atoms with Crippen LogP contribution in [0.4, 0.5) is 5.82 Å². The van der Waals surface area contributed by atoms with Gasteiger partial charge in [0.1, 0.15) is 17.0 Å². The summed E-state index contributed by atoms with van der Waals surface area (Å²) in [6.45, 7) is 6.56. The maximum absolute atomic E-state index is 5.69. The van der Waals surface area contributed by atoms with Crippen LogP contribution in [0.15, 0.2) is 36.0 Å². The highest BCUT2D eigenvalue weighted by Gasteiger charge is 2.24. The number of thiophene rings is 1. The minimum absolute atomic E-state index is 0.159. The molecule has 3 heterocycles. The number of fused-ring (bicyclic) bond motifs is 1. The molecule has 0 saturated carbocycles. The van der Waals surface area contributed by atoms with E-state index in [2.05, 4.69) is 38.4 Å². The molecule has 0 radical (unpaired) electrons. The van der Waals surface area contributed by atoms with Gasteiger partial charge in [0.15, 0.2) is 11.5 Å².